The van der Waals surface area contributed by atoms with Crippen LogP contribution in [0.4, 0.5) is 0 Å². The van der Waals surface area contributed by atoms with Crippen LogP contribution in [0.15, 0.2) is 0 Å². The van der Waals surface area contributed by atoms with Crippen LogP contribution >= 0.6 is 0 Å². The molecule has 0 aromatic rings. The number of nitrogens with one attached hydrogen (secondary N) is 2. The average Bonchev–Trinajstić information content (AvgIpc) is 2.46. The van der Waals surface area contributed by atoms with E-state index in [0.717, 1.165) is 38.0 Å². The molecule has 0 saturated carbocycles. The summed E-state index contributed by atoms with van der Waals surface area (Å²) >= 11 is 0. The van der Waals surface area contributed by atoms with Gasteiger partial charge in [0.1, 0.15) is 0 Å². The number of rotatable bonds is 12. The van der Waals surface area contributed by atoms with Gasteiger partial charge in [-0.3, -0.25) is 9.59 Å². The molecule has 0 radical (unpaired) electrons. The van der Waals surface area contributed by atoms with Crippen LogP contribution in [0.5, 0.6) is 0 Å². The van der Waals surface area contributed by atoms with Gasteiger partial charge in [-0.05, 0) is 51.1 Å². The van der Waals surface area contributed by atoms with Crippen molar-refractivity contribution in [2.45, 2.75) is 78.8 Å². The molecule has 2 amide bonds. The first-order valence-corrected chi connectivity index (χ1v) is 15.8. The first kappa shape index (κ1) is 24.3. The van der Waals surface area contributed by atoms with Crippen molar-refractivity contribution < 1.29 is 13.7 Å². The minimum atomic E-state index is -1.71. The molecule has 0 bridgehead atoms. The van der Waals surface area contributed by atoms with Gasteiger partial charge >= 0.3 is 0 Å². The van der Waals surface area contributed by atoms with Crippen molar-refractivity contribution in [2.24, 2.45) is 11.8 Å². The summed E-state index contributed by atoms with van der Waals surface area (Å²) in [6.07, 6.45) is 1.96. The molecule has 0 aliphatic heterocycles. The molecule has 25 heavy (non-hydrogen) atoms. The van der Waals surface area contributed by atoms with E-state index in [1.54, 1.807) is 0 Å². The van der Waals surface area contributed by atoms with Gasteiger partial charge in [-0.15, -0.1) is 0 Å². The third-order valence-corrected chi connectivity index (χ3v) is 11.6. The van der Waals surface area contributed by atoms with Crippen LogP contribution in [0.2, 0.25) is 38.3 Å². The molecule has 0 fully saturated rings. The highest BCUT2D eigenvalue weighted by molar-refractivity contribution is 6.84. The maximum atomic E-state index is 11.6. The van der Waals surface area contributed by atoms with E-state index >= 15 is 0 Å². The van der Waals surface area contributed by atoms with Crippen molar-refractivity contribution in [3.05, 3.63) is 0 Å². The molecule has 7 heteroatoms. The minimum Gasteiger partial charge on any atom is -0.455 e. The molecule has 148 valence electrons. The van der Waals surface area contributed by atoms with Crippen molar-refractivity contribution in [3.63, 3.8) is 0 Å². The predicted molar refractivity (Wildman–Crippen MR) is 111 cm³/mol. The lowest BCUT2D eigenvalue weighted by Crippen LogP contribution is -2.45. The van der Waals surface area contributed by atoms with E-state index in [0.29, 0.717) is 0 Å². The maximum absolute atomic E-state index is 11.6. The van der Waals surface area contributed by atoms with Crippen molar-refractivity contribution in [2.75, 3.05) is 13.1 Å². The Bertz CT molecular complexity index is 387. The second-order valence-electron chi connectivity index (χ2n) is 8.72. The van der Waals surface area contributed by atoms with Crippen molar-refractivity contribution in [1.82, 2.24) is 10.6 Å². The predicted octanol–water partition coefficient (Wildman–Crippen LogP) is 3.74. The number of hydrogen-bond donors (Lipinski definition) is 2. The van der Waals surface area contributed by atoms with Gasteiger partial charge in [-0.25, -0.2) is 0 Å². The third-order valence-electron chi connectivity index (χ3n) is 4.11. The number of hydrogen-bond acceptors (Lipinski definition) is 3. The molecular formula is C18H40N2O3Si2. The van der Waals surface area contributed by atoms with Gasteiger partial charge in [-0.1, -0.05) is 27.7 Å². The number of carbonyl (C=O) groups is 2. The molecule has 0 heterocycles. The molecule has 0 saturated heterocycles. The zero-order valence-corrected chi connectivity index (χ0v) is 19.6. The van der Waals surface area contributed by atoms with Gasteiger partial charge in [-0.2, -0.15) is 0 Å². The first-order chi connectivity index (χ1) is 11.4. The van der Waals surface area contributed by atoms with E-state index in [2.05, 4.69) is 36.8 Å². The monoisotopic (exact) mass is 388 g/mol. The Morgan fingerprint density at radius 2 is 1.08 bits per heavy atom. The Hall–Kier alpha value is -0.666. The summed E-state index contributed by atoms with van der Waals surface area (Å²) < 4.78 is 6.59. The molecule has 0 unspecified atom stereocenters. The Kier molecular flexibility index (Phi) is 10.8. The fraction of sp³-hybridized carbons (Fsp3) is 0.889. The molecule has 0 aliphatic carbocycles. The SMILES string of the molecule is CC(C)C(=O)NCCC[Si](C)(C)O[Si](C)(C)CCCNC(=O)C(C)C. The van der Waals surface area contributed by atoms with Gasteiger partial charge < -0.3 is 14.7 Å². The zero-order valence-electron chi connectivity index (χ0n) is 17.6. The van der Waals surface area contributed by atoms with Crippen LogP contribution in [0.3, 0.4) is 0 Å². The Morgan fingerprint density at radius 3 is 1.36 bits per heavy atom. The summed E-state index contributed by atoms with van der Waals surface area (Å²) in [5.74, 6) is 0.338. The summed E-state index contributed by atoms with van der Waals surface area (Å²) in [6.45, 7) is 18.2. The van der Waals surface area contributed by atoms with Crippen LogP contribution < -0.4 is 10.6 Å². The first-order valence-electron chi connectivity index (χ1n) is 9.62. The molecular weight excluding hydrogens is 348 g/mol. The molecule has 5 nitrogen and oxygen atoms in total. The summed E-state index contributed by atoms with van der Waals surface area (Å²) in [5.41, 5.74) is 0. The summed E-state index contributed by atoms with van der Waals surface area (Å²) in [4.78, 5) is 23.2. The van der Waals surface area contributed by atoms with Crippen LogP contribution in [-0.2, 0) is 13.7 Å². The van der Waals surface area contributed by atoms with Gasteiger partial charge in [0.15, 0.2) is 16.6 Å². The average molecular weight is 389 g/mol. The fourth-order valence-electron chi connectivity index (χ4n) is 2.71. The highest BCUT2D eigenvalue weighted by Gasteiger charge is 2.32. The molecule has 2 N–H and O–H groups in total. The molecule has 0 aromatic carbocycles. The lowest BCUT2D eigenvalue weighted by Gasteiger charge is -2.34. The lowest BCUT2D eigenvalue weighted by molar-refractivity contribution is -0.124. The van der Waals surface area contributed by atoms with E-state index in [9.17, 15) is 9.59 Å². The molecule has 0 spiro atoms. The topological polar surface area (TPSA) is 67.4 Å². The van der Waals surface area contributed by atoms with E-state index in [1.165, 1.54) is 0 Å². The third kappa shape index (κ3) is 12.3. The van der Waals surface area contributed by atoms with Gasteiger partial charge in [0.25, 0.3) is 0 Å². The summed E-state index contributed by atoms with van der Waals surface area (Å²) in [7, 11) is -3.43. The largest absolute Gasteiger partial charge is 0.455 e. The van der Waals surface area contributed by atoms with E-state index < -0.39 is 16.6 Å². The summed E-state index contributed by atoms with van der Waals surface area (Å²) in [5, 5.41) is 5.96. The normalized spacial score (nSPS) is 12.6. The van der Waals surface area contributed by atoms with Crippen LogP contribution in [0, 0.1) is 11.8 Å². The standard InChI is InChI=1S/C18H40N2O3Si2/c1-15(2)17(21)19-11-9-13-24(5,6)23-25(7,8)14-10-12-20-18(22)16(3)4/h15-16H,9-14H2,1-8H3,(H,19,21)(H,20,22). The smallest absolute Gasteiger partial charge is 0.222 e. The minimum absolute atomic E-state index is 0.0454. The second kappa shape index (κ2) is 11.1. The Morgan fingerprint density at radius 1 is 0.760 bits per heavy atom. The van der Waals surface area contributed by atoms with Crippen LogP contribution in [-0.4, -0.2) is 41.5 Å². The number of amides is 2. The fourth-order valence-corrected chi connectivity index (χ4v) is 11.6. The van der Waals surface area contributed by atoms with Crippen LogP contribution in [0.25, 0.3) is 0 Å². The van der Waals surface area contributed by atoms with Gasteiger partial charge in [0, 0.05) is 24.9 Å². The van der Waals surface area contributed by atoms with Gasteiger partial charge in [0.2, 0.25) is 11.8 Å². The van der Waals surface area contributed by atoms with Crippen LogP contribution in [0.1, 0.15) is 40.5 Å². The van der Waals surface area contributed by atoms with Crippen molar-refractivity contribution in [1.29, 1.82) is 0 Å². The number of carbonyl (C=O) groups excluding carboxylic acids is 2. The zero-order chi connectivity index (χ0) is 19.7. The van der Waals surface area contributed by atoms with E-state index in [4.69, 9.17) is 4.12 Å². The van der Waals surface area contributed by atoms with E-state index in [1.807, 2.05) is 27.7 Å². The molecule has 0 rings (SSSR count). The highest BCUT2D eigenvalue weighted by Crippen LogP contribution is 2.23. The summed E-state index contributed by atoms with van der Waals surface area (Å²) in [6, 6.07) is 2.12. The lowest BCUT2D eigenvalue weighted by atomic mass is 10.2. The highest BCUT2D eigenvalue weighted by atomic mass is 28.4. The van der Waals surface area contributed by atoms with Crippen molar-refractivity contribution in [3.8, 4) is 0 Å². The van der Waals surface area contributed by atoms with E-state index in [-0.39, 0.29) is 23.7 Å². The molecule has 0 aromatic heterocycles. The van der Waals surface area contributed by atoms with Gasteiger partial charge in [0.05, 0.1) is 0 Å². The maximum Gasteiger partial charge on any atom is 0.222 e. The Labute approximate surface area is 156 Å². The van der Waals surface area contributed by atoms with Crippen molar-refractivity contribution >= 4 is 28.4 Å². The quantitative estimate of drug-likeness (QED) is 0.395. The molecule has 0 atom stereocenters. The second-order valence-corrected chi connectivity index (χ2v) is 17.6. The Balaban J connectivity index is 4.10. The molecule has 0 aliphatic rings.